The molecule has 18 heavy (non-hydrogen) atoms. The van der Waals surface area contributed by atoms with Gasteiger partial charge in [0.05, 0.1) is 5.02 Å². The fourth-order valence-corrected chi connectivity index (χ4v) is 1.84. The molecule has 0 unspecified atom stereocenters. The van der Waals surface area contributed by atoms with Gasteiger partial charge in [-0.15, -0.1) is 12.4 Å². The van der Waals surface area contributed by atoms with E-state index in [-0.39, 0.29) is 31.0 Å². The van der Waals surface area contributed by atoms with Crippen LogP contribution in [-0.2, 0) is 4.79 Å². The number of hydrogen-bond donors (Lipinski definition) is 2. The van der Waals surface area contributed by atoms with Crippen molar-refractivity contribution >= 4 is 45.8 Å². The van der Waals surface area contributed by atoms with Gasteiger partial charge in [0.2, 0.25) is 0 Å². The van der Waals surface area contributed by atoms with Crippen LogP contribution in [0.3, 0.4) is 0 Å². The van der Waals surface area contributed by atoms with Crippen LogP contribution in [0.1, 0.15) is 6.92 Å². The van der Waals surface area contributed by atoms with E-state index < -0.39 is 0 Å². The Morgan fingerprint density at radius 2 is 2.28 bits per heavy atom. The highest BCUT2D eigenvalue weighted by Gasteiger charge is 2.08. The molecular formula is C11H15BrCl2N2O2. The topological polar surface area (TPSA) is 64.3 Å². The fraction of sp³-hybridized carbons (Fsp3) is 0.364. The van der Waals surface area contributed by atoms with Gasteiger partial charge >= 0.3 is 0 Å². The van der Waals surface area contributed by atoms with Gasteiger partial charge in [0.15, 0.2) is 6.61 Å². The maximum Gasteiger partial charge on any atom is 0.258 e. The summed E-state index contributed by atoms with van der Waals surface area (Å²) >= 11 is 9.22. The molecule has 102 valence electrons. The molecule has 1 rings (SSSR count). The third-order valence-electron chi connectivity index (χ3n) is 2.01. The van der Waals surface area contributed by atoms with Gasteiger partial charge < -0.3 is 15.8 Å². The zero-order valence-electron chi connectivity index (χ0n) is 9.78. The number of ether oxygens (including phenoxy) is 1. The SMILES string of the molecule is C[C@@H](CN)NC(=O)COc1ccc(Br)cc1Cl.Cl. The molecule has 1 aromatic rings. The molecule has 1 aromatic carbocycles. The summed E-state index contributed by atoms with van der Waals surface area (Å²) in [7, 11) is 0. The predicted molar refractivity (Wildman–Crippen MR) is 78.6 cm³/mol. The lowest BCUT2D eigenvalue weighted by molar-refractivity contribution is -0.123. The molecule has 0 aliphatic heterocycles. The molecule has 0 aromatic heterocycles. The Morgan fingerprint density at radius 1 is 1.61 bits per heavy atom. The van der Waals surface area contributed by atoms with E-state index in [1.54, 1.807) is 18.2 Å². The van der Waals surface area contributed by atoms with Gasteiger partial charge in [-0.25, -0.2) is 0 Å². The highest BCUT2D eigenvalue weighted by Crippen LogP contribution is 2.27. The quantitative estimate of drug-likeness (QED) is 0.850. The Hall–Kier alpha value is -0.490. The number of amides is 1. The normalized spacial score (nSPS) is 11.3. The Balaban J connectivity index is 0.00000289. The largest absolute Gasteiger partial charge is 0.482 e. The van der Waals surface area contributed by atoms with E-state index >= 15 is 0 Å². The minimum Gasteiger partial charge on any atom is -0.482 e. The van der Waals surface area contributed by atoms with Crippen LogP contribution in [0.4, 0.5) is 0 Å². The van der Waals surface area contributed by atoms with Gasteiger partial charge in [-0.1, -0.05) is 27.5 Å². The van der Waals surface area contributed by atoms with E-state index in [1.165, 1.54) is 0 Å². The van der Waals surface area contributed by atoms with Crippen molar-refractivity contribution in [1.82, 2.24) is 5.32 Å². The molecule has 0 aliphatic rings. The minimum atomic E-state index is -0.220. The van der Waals surface area contributed by atoms with Gasteiger partial charge in [0, 0.05) is 17.1 Å². The van der Waals surface area contributed by atoms with Crippen molar-refractivity contribution in [1.29, 1.82) is 0 Å². The Kier molecular flexibility index (Phi) is 8.35. The van der Waals surface area contributed by atoms with Crippen molar-refractivity contribution in [2.24, 2.45) is 5.73 Å². The number of halogens is 3. The number of nitrogens with one attached hydrogen (secondary N) is 1. The van der Waals surface area contributed by atoms with Gasteiger partial charge in [-0.2, -0.15) is 0 Å². The summed E-state index contributed by atoms with van der Waals surface area (Å²) in [6.07, 6.45) is 0. The molecule has 4 nitrogen and oxygen atoms in total. The Labute approximate surface area is 126 Å². The Morgan fingerprint density at radius 3 is 2.83 bits per heavy atom. The number of nitrogens with two attached hydrogens (primary N) is 1. The van der Waals surface area contributed by atoms with Crippen molar-refractivity contribution in [3.05, 3.63) is 27.7 Å². The lowest BCUT2D eigenvalue weighted by atomic mass is 10.3. The monoisotopic (exact) mass is 356 g/mol. The lowest BCUT2D eigenvalue weighted by Crippen LogP contribution is -2.40. The maximum atomic E-state index is 11.4. The van der Waals surface area contributed by atoms with E-state index in [0.29, 0.717) is 17.3 Å². The number of benzene rings is 1. The van der Waals surface area contributed by atoms with Gasteiger partial charge in [-0.05, 0) is 25.1 Å². The molecule has 1 amide bonds. The van der Waals surface area contributed by atoms with Crippen molar-refractivity contribution in [3.8, 4) is 5.75 Å². The first-order chi connectivity index (χ1) is 8.02. The van der Waals surface area contributed by atoms with Crippen LogP contribution in [0.2, 0.25) is 5.02 Å². The summed E-state index contributed by atoms with van der Waals surface area (Å²) < 4.78 is 6.15. The van der Waals surface area contributed by atoms with Crippen molar-refractivity contribution in [2.75, 3.05) is 13.2 Å². The molecule has 3 N–H and O–H groups in total. The van der Waals surface area contributed by atoms with Gasteiger partial charge in [0.1, 0.15) is 5.75 Å². The lowest BCUT2D eigenvalue weighted by Gasteiger charge is -2.12. The predicted octanol–water partition coefficient (Wildman–Crippen LogP) is 2.37. The fourth-order valence-electron chi connectivity index (χ4n) is 1.11. The average molecular weight is 358 g/mol. The van der Waals surface area contributed by atoms with Gasteiger partial charge in [0.25, 0.3) is 5.91 Å². The highest BCUT2D eigenvalue weighted by atomic mass is 79.9. The number of carbonyl (C=O) groups excluding carboxylic acids is 1. The van der Waals surface area contributed by atoms with Crippen LogP contribution < -0.4 is 15.8 Å². The van der Waals surface area contributed by atoms with E-state index in [4.69, 9.17) is 22.1 Å². The third-order valence-corrected chi connectivity index (χ3v) is 2.80. The Bertz CT molecular complexity index is 405. The molecule has 0 spiro atoms. The summed E-state index contributed by atoms with van der Waals surface area (Å²) in [6.45, 7) is 2.14. The summed E-state index contributed by atoms with van der Waals surface area (Å²) in [6, 6.07) is 5.14. The third kappa shape index (κ3) is 5.91. The van der Waals surface area contributed by atoms with E-state index in [0.717, 1.165) is 4.47 Å². The number of carbonyl (C=O) groups is 1. The van der Waals surface area contributed by atoms with E-state index in [9.17, 15) is 4.79 Å². The molecule has 0 bridgehead atoms. The highest BCUT2D eigenvalue weighted by molar-refractivity contribution is 9.10. The smallest absolute Gasteiger partial charge is 0.258 e. The number of rotatable bonds is 5. The first-order valence-corrected chi connectivity index (χ1v) is 6.27. The van der Waals surface area contributed by atoms with Crippen LogP contribution in [0.15, 0.2) is 22.7 Å². The second-order valence-electron chi connectivity index (χ2n) is 3.57. The van der Waals surface area contributed by atoms with Crippen LogP contribution in [-0.4, -0.2) is 25.1 Å². The second-order valence-corrected chi connectivity index (χ2v) is 4.89. The first kappa shape index (κ1) is 17.5. The van der Waals surface area contributed by atoms with Crippen LogP contribution in [0.5, 0.6) is 5.75 Å². The van der Waals surface area contributed by atoms with E-state index in [1.807, 2.05) is 6.92 Å². The van der Waals surface area contributed by atoms with E-state index in [2.05, 4.69) is 21.2 Å². The molecule has 0 saturated carbocycles. The van der Waals surface area contributed by atoms with Crippen molar-refractivity contribution in [2.45, 2.75) is 13.0 Å². The summed E-state index contributed by atoms with van der Waals surface area (Å²) in [5.74, 6) is 0.257. The molecule has 0 radical (unpaired) electrons. The molecule has 7 heteroatoms. The summed E-state index contributed by atoms with van der Waals surface area (Å²) in [4.78, 5) is 11.4. The molecular weight excluding hydrogens is 343 g/mol. The standard InChI is InChI=1S/C11H14BrClN2O2.ClH/c1-7(5-14)15-11(16)6-17-10-3-2-8(12)4-9(10)13;/h2-4,7H,5-6,14H2,1H3,(H,15,16);1H/t7-;/m0./s1. The van der Waals surface area contributed by atoms with Crippen LogP contribution in [0.25, 0.3) is 0 Å². The first-order valence-electron chi connectivity index (χ1n) is 5.10. The van der Waals surface area contributed by atoms with Crippen molar-refractivity contribution in [3.63, 3.8) is 0 Å². The zero-order chi connectivity index (χ0) is 12.8. The van der Waals surface area contributed by atoms with Gasteiger partial charge in [-0.3, -0.25) is 4.79 Å². The maximum absolute atomic E-state index is 11.4. The van der Waals surface area contributed by atoms with Crippen LogP contribution >= 0.6 is 39.9 Å². The zero-order valence-corrected chi connectivity index (χ0v) is 12.9. The second kappa shape index (κ2) is 8.58. The molecule has 0 heterocycles. The molecule has 1 atom stereocenters. The molecule has 0 saturated heterocycles. The summed E-state index contributed by atoms with van der Waals surface area (Å²) in [5, 5.41) is 3.15. The number of hydrogen-bond acceptors (Lipinski definition) is 3. The summed E-state index contributed by atoms with van der Waals surface area (Å²) in [5.41, 5.74) is 5.39. The van der Waals surface area contributed by atoms with Crippen molar-refractivity contribution < 1.29 is 9.53 Å². The average Bonchev–Trinajstić information content (AvgIpc) is 2.27. The molecule has 0 fully saturated rings. The minimum absolute atomic E-state index is 0. The van der Waals surface area contributed by atoms with Crippen LogP contribution in [0, 0.1) is 0 Å². The molecule has 0 aliphatic carbocycles.